The zero-order valence-electron chi connectivity index (χ0n) is 17.4. The SMILES string of the molecule is COc1ccccc1CNS(=O)(=O)c1ccc(F)c(C(=O)Nc2cccc(C)c2C)c1. The standard InChI is InChI=1S/C23H23FN2O4S/c1-15-7-6-9-21(16(15)2)26-23(27)19-13-18(11-12-20(19)24)31(28,29)25-14-17-8-4-5-10-22(17)30-3/h4-13,25H,14H2,1-3H3,(H,26,27). The Morgan fingerprint density at radius 3 is 2.52 bits per heavy atom. The van der Waals surface area contributed by atoms with Gasteiger partial charge in [-0.3, -0.25) is 4.79 Å². The van der Waals surface area contributed by atoms with Gasteiger partial charge in [0.25, 0.3) is 5.91 Å². The number of anilines is 1. The van der Waals surface area contributed by atoms with Crippen LogP contribution in [0, 0.1) is 19.7 Å². The number of methoxy groups -OCH3 is 1. The van der Waals surface area contributed by atoms with Crippen LogP contribution < -0.4 is 14.8 Å². The summed E-state index contributed by atoms with van der Waals surface area (Å²) in [6.07, 6.45) is 0. The van der Waals surface area contributed by atoms with E-state index in [0.29, 0.717) is 17.0 Å². The fourth-order valence-electron chi connectivity index (χ4n) is 3.03. The molecule has 6 nitrogen and oxygen atoms in total. The molecule has 0 aromatic heterocycles. The van der Waals surface area contributed by atoms with Gasteiger partial charge in [-0.05, 0) is 55.3 Å². The normalized spacial score (nSPS) is 11.2. The molecule has 31 heavy (non-hydrogen) atoms. The van der Waals surface area contributed by atoms with Crippen LogP contribution in [0.25, 0.3) is 0 Å². The number of amides is 1. The van der Waals surface area contributed by atoms with Gasteiger partial charge in [-0.1, -0.05) is 30.3 Å². The van der Waals surface area contributed by atoms with E-state index in [2.05, 4.69) is 10.0 Å². The lowest BCUT2D eigenvalue weighted by atomic mass is 10.1. The molecule has 0 unspecified atom stereocenters. The highest BCUT2D eigenvalue weighted by Gasteiger charge is 2.20. The van der Waals surface area contributed by atoms with E-state index < -0.39 is 21.7 Å². The van der Waals surface area contributed by atoms with Gasteiger partial charge < -0.3 is 10.1 Å². The zero-order chi connectivity index (χ0) is 22.6. The second kappa shape index (κ2) is 9.28. The van der Waals surface area contributed by atoms with Crippen LogP contribution in [0.1, 0.15) is 27.0 Å². The topological polar surface area (TPSA) is 84.5 Å². The smallest absolute Gasteiger partial charge is 0.258 e. The van der Waals surface area contributed by atoms with Crippen molar-refractivity contribution < 1.29 is 22.3 Å². The van der Waals surface area contributed by atoms with Crippen LogP contribution in [0.5, 0.6) is 5.75 Å². The largest absolute Gasteiger partial charge is 0.496 e. The Bertz CT molecular complexity index is 1230. The lowest BCUT2D eigenvalue weighted by Gasteiger charge is -2.13. The third-order valence-corrected chi connectivity index (χ3v) is 6.39. The molecule has 0 saturated heterocycles. The molecule has 0 aliphatic rings. The summed E-state index contributed by atoms with van der Waals surface area (Å²) in [7, 11) is -2.50. The van der Waals surface area contributed by atoms with Gasteiger partial charge in [0.05, 0.1) is 17.6 Å². The van der Waals surface area contributed by atoms with Crippen LogP contribution in [0.3, 0.4) is 0 Å². The Morgan fingerprint density at radius 1 is 1.03 bits per heavy atom. The number of para-hydroxylation sites is 1. The van der Waals surface area contributed by atoms with Crippen LogP contribution in [-0.4, -0.2) is 21.4 Å². The van der Waals surface area contributed by atoms with Crippen molar-refractivity contribution in [2.75, 3.05) is 12.4 Å². The minimum Gasteiger partial charge on any atom is -0.496 e. The minimum atomic E-state index is -4.00. The summed E-state index contributed by atoms with van der Waals surface area (Å²) in [5.41, 5.74) is 2.63. The highest BCUT2D eigenvalue weighted by atomic mass is 32.2. The van der Waals surface area contributed by atoms with Gasteiger partial charge in [0, 0.05) is 17.8 Å². The van der Waals surface area contributed by atoms with Crippen LogP contribution in [0.4, 0.5) is 10.1 Å². The average Bonchev–Trinajstić information content (AvgIpc) is 2.75. The van der Waals surface area contributed by atoms with E-state index >= 15 is 0 Å². The Labute approximate surface area is 181 Å². The number of aryl methyl sites for hydroxylation is 1. The van der Waals surface area contributed by atoms with Crippen LogP contribution in [0.2, 0.25) is 0 Å². The first-order valence-electron chi connectivity index (χ1n) is 9.51. The minimum absolute atomic E-state index is 0.0201. The summed E-state index contributed by atoms with van der Waals surface area (Å²) in [5, 5.41) is 2.65. The van der Waals surface area contributed by atoms with Crippen molar-refractivity contribution in [3.05, 3.63) is 88.7 Å². The van der Waals surface area contributed by atoms with Gasteiger partial charge in [0.2, 0.25) is 10.0 Å². The van der Waals surface area contributed by atoms with E-state index in [9.17, 15) is 17.6 Å². The zero-order valence-corrected chi connectivity index (χ0v) is 18.2. The van der Waals surface area contributed by atoms with Gasteiger partial charge in [-0.2, -0.15) is 0 Å². The monoisotopic (exact) mass is 442 g/mol. The van der Waals surface area contributed by atoms with Crippen molar-refractivity contribution in [1.29, 1.82) is 0 Å². The molecule has 3 aromatic rings. The fourth-order valence-corrected chi connectivity index (χ4v) is 4.06. The molecule has 8 heteroatoms. The molecular formula is C23H23FN2O4S. The first kappa shape index (κ1) is 22.5. The summed E-state index contributed by atoms with van der Waals surface area (Å²) < 4.78 is 47.5. The number of hydrogen-bond donors (Lipinski definition) is 2. The molecule has 2 N–H and O–H groups in total. The van der Waals surface area contributed by atoms with Crippen molar-refractivity contribution in [3.8, 4) is 5.75 Å². The molecule has 3 rings (SSSR count). The summed E-state index contributed by atoms with van der Waals surface area (Å²) in [5.74, 6) is -1.00. The third kappa shape index (κ3) is 5.10. The molecule has 0 heterocycles. The predicted octanol–water partition coefficient (Wildman–Crippen LogP) is 4.18. The highest BCUT2D eigenvalue weighted by Crippen LogP contribution is 2.22. The molecule has 0 aliphatic heterocycles. The first-order chi connectivity index (χ1) is 14.7. The van der Waals surface area contributed by atoms with E-state index in [4.69, 9.17) is 4.74 Å². The Kier molecular flexibility index (Phi) is 6.72. The number of ether oxygens (including phenoxy) is 1. The van der Waals surface area contributed by atoms with Gasteiger partial charge >= 0.3 is 0 Å². The van der Waals surface area contributed by atoms with Gasteiger partial charge in [-0.25, -0.2) is 17.5 Å². The van der Waals surface area contributed by atoms with Gasteiger partial charge in [0.15, 0.2) is 0 Å². The quantitative estimate of drug-likeness (QED) is 0.575. The number of halogens is 1. The molecule has 0 fully saturated rings. The number of sulfonamides is 1. The van der Waals surface area contributed by atoms with E-state index in [-0.39, 0.29) is 17.0 Å². The molecule has 0 atom stereocenters. The summed E-state index contributed by atoms with van der Waals surface area (Å²) in [6, 6.07) is 15.5. The molecule has 162 valence electrons. The molecule has 1 amide bonds. The maximum atomic E-state index is 14.3. The van der Waals surface area contributed by atoms with E-state index in [1.165, 1.54) is 7.11 Å². The van der Waals surface area contributed by atoms with Crippen LogP contribution in [0.15, 0.2) is 65.6 Å². The molecule has 3 aromatic carbocycles. The number of benzene rings is 3. The molecule has 0 saturated carbocycles. The Balaban J connectivity index is 1.83. The second-order valence-electron chi connectivity index (χ2n) is 6.98. The first-order valence-corrected chi connectivity index (χ1v) is 11.0. The molecule has 0 bridgehead atoms. The number of hydrogen-bond acceptors (Lipinski definition) is 4. The third-order valence-electron chi connectivity index (χ3n) is 4.99. The number of rotatable bonds is 7. The Hall–Kier alpha value is -3.23. The van der Waals surface area contributed by atoms with Crippen molar-refractivity contribution in [2.24, 2.45) is 0 Å². The predicted molar refractivity (Wildman–Crippen MR) is 117 cm³/mol. The summed E-state index contributed by atoms with van der Waals surface area (Å²) in [6.45, 7) is 3.71. The van der Waals surface area contributed by atoms with Crippen molar-refractivity contribution in [3.63, 3.8) is 0 Å². The average molecular weight is 443 g/mol. The van der Waals surface area contributed by atoms with Crippen LogP contribution in [-0.2, 0) is 16.6 Å². The second-order valence-corrected chi connectivity index (χ2v) is 8.75. The van der Waals surface area contributed by atoms with Crippen molar-refractivity contribution in [1.82, 2.24) is 4.72 Å². The fraction of sp³-hybridized carbons (Fsp3) is 0.174. The number of carbonyl (C=O) groups is 1. The summed E-state index contributed by atoms with van der Waals surface area (Å²) in [4.78, 5) is 12.4. The van der Waals surface area contributed by atoms with E-state index in [1.807, 2.05) is 19.9 Å². The maximum Gasteiger partial charge on any atom is 0.258 e. The number of carbonyl (C=O) groups excluding carboxylic acids is 1. The van der Waals surface area contributed by atoms with E-state index in [0.717, 1.165) is 29.3 Å². The molecule has 0 radical (unpaired) electrons. The maximum absolute atomic E-state index is 14.3. The van der Waals surface area contributed by atoms with E-state index in [1.54, 1.807) is 36.4 Å². The Morgan fingerprint density at radius 2 is 1.77 bits per heavy atom. The lowest BCUT2D eigenvalue weighted by Crippen LogP contribution is -2.24. The lowest BCUT2D eigenvalue weighted by molar-refractivity contribution is 0.102. The van der Waals surface area contributed by atoms with Gasteiger partial charge in [-0.15, -0.1) is 0 Å². The van der Waals surface area contributed by atoms with Crippen LogP contribution >= 0.6 is 0 Å². The highest BCUT2D eigenvalue weighted by molar-refractivity contribution is 7.89. The molecule has 0 aliphatic carbocycles. The van der Waals surface area contributed by atoms with Gasteiger partial charge in [0.1, 0.15) is 11.6 Å². The van der Waals surface area contributed by atoms with Crippen molar-refractivity contribution >= 4 is 21.6 Å². The summed E-state index contributed by atoms with van der Waals surface area (Å²) >= 11 is 0. The molecule has 0 spiro atoms. The van der Waals surface area contributed by atoms with Crippen molar-refractivity contribution in [2.45, 2.75) is 25.3 Å². The molecular weight excluding hydrogens is 419 g/mol. The number of nitrogens with one attached hydrogen (secondary N) is 2.